The highest BCUT2D eigenvalue weighted by molar-refractivity contribution is 5.92. The number of aromatic nitrogens is 3. The molecule has 0 spiro atoms. The van der Waals surface area contributed by atoms with Crippen molar-refractivity contribution < 1.29 is 14.1 Å². The molecule has 154 valence electrons. The first-order valence-corrected chi connectivity index (χ1v) is 9.32. The van der Waals surface area contributed by atoms with Gasteiger partial charge in [0.1, 0.15) is 10.7 Å². The molecule has 1 N–H and O–H groups in total. The minimum atomic E-state index is -0.666. The molecule has 3 aromatic heterocycles. The molecule has 0 bridgehead atoms. The molecule has 30 heavy (non-hydrogen) atoms. The van der Waals surface area contributed by atoms with Gasteiger partial charge in [-0.1, -0.05) is 6.07 Å². The summed E-state index contributed by atoms with van der Waals surface area (Å²) in [5.74, 6) is 1.15. The number of rotatable bonds is 5. The lowest BCUT2D eigenvalue weighted by Gasteiger charge is -2.34. The van der Waals surface area contributed by atoms with Crippen molar-refractivity contribution in [2.24, 2.45) is 0 Å². The number of carbonyl (C=O) groups excluding carboxylic acids is 1. The van der Waals surface area contributed by atoms with Gasteiger partial charge in [-0.2, -0.15) is 0 Å². The number of hydrogen-bond acceptors (Lipinski definition) is 9. The number of piperazine rings is 1. The topological polar surface area (TPSA) is 131 Å². The highest BCUT2D eigenvalue weighted by Gasteiger charge is 2.26. The number of anilines is 3. The number of nitrogens with one attached hydrogen (secondary N) is 1. The Morgan fingerprint density at radius 2 is 1.87 bits per heavy atom. The summed E-state index contributed by atoms with van der Waals surface area (Å²) in [5.41, 5.74) is 0.904. The molecule has 0 unspecified atom stereocenters. The number of nitrogens with zero attached hydrogens (tertiary/aromatic N) is 6. The second kappa shape index (κ2) is 8.15. The summed E-state index contributed by atoms with van der Waals surface area (Å²) in [7, 11) is 0. The fourth-order valence-corrected chi connectivity index (χ4v) is 3.14. The van der Waals surface area contributed by atoms with E-state index in [9.17, 15) is 14.9 Å². The Kier molecular flexibility index (Phi) is 5.24. The summed E-state index contributed by atoms with van der Waals surface area (Å²) in [5, 5.41) is 22.3. The van der Waals surface area contributed by atoms with E-state index in [1.165, 1.54) is 12.1 Å². The summed E-state index contributed by atoms with van der Waals surface area (Å²) in [4.78, 5) is 30.5. The summed E-state index contributed by atoms with van der Waals surface area (Å²) in [6, 6.07) is 11.9. The van der Waals surface area contributed by atoms with Crippen molar-refractivity contribution in [2.75, 3.05) is 36.4 Å². The zero-order valence-corrected chi connectivity index (χ0v) is 16.2. The predicted molar refractivity (Wildman–Crippen MR) is 108 cm³/mol. The minimum absolute atomic E-state index is 0.0323. The third-order valence-corrected chi connectivity index (χ3v) is 4.67. The van der Waals surface area contributed by atoms with Gasteiger partial charge in [-0.05, 0) is 37.3 Å². The smallest absolute Gasteiger partial charge is 0.395 e. The van der Waals surface area contributed by atoms with Gasteiger partial charge in [0.2, 0.25) is 0 Å². The molecular formula is C19H19N7O4. The monoisotopic (exact) mass is 409 g/mol. The Morgan fingerprint density at radius 3 is 2.50 bits per heavy atom. The van der Waals surface area contributed by atoms with Crippen LogP contribution in [0.25, 0.3) is 0 Å². The lowest BCUT2D eigenvalue weighted by Crippen LogP contribution is -2.49. The molecule has 0 aliphatic carbocycles. The number of aryl methyl sites for hydroxylation is 1. The average molecular weight is 409 g/mol. The lowest BCUT2D eigenvalue weighted by molar-refractivity contribution is -0.402. The van der Waals surface area contributed by atoms with E-state index in [2.05, 4.69) is 20.5 Å². The SMILES string of the molecule is Cc1cccc(Nc2ccc(N3CCN(C(=O)c4ccc([N+](=O)[O-])o4)CC3)nn2)n1. The summed E-state index contributed by atoms with van der Waals surface area (Å²) >= 11 is 0. The zero-order chi connectivity index (χ0) is 21.1. The molecule has 0 atom stereocenters. The third kappa shape index (κ3) is 4.19. The molecule has 1 amide bonds. The van der Waals surface area contributed by atoms with Crippen LogP contribution in [0, 0.1) is 17.0 Å². The van der Waals surface area contributed by atoms with Crippen LogP contribution in [-0.2, 0) is 0 Å². The Morgan fingerprint density at radius 1 is 1.07 bits per heavy atom. The Bertz CT molecular complexity index is 1060. The molecule has 1 saturated heterocycles. The normalized spacial score (nSPS) is 13.9. The molecule has 4 rings (SSSR count). The predicted octanol–water partition coefficient (Wildman–Crippen LogP) is 2.39. The first kappa shape index (κ1) is 19.3. The molecule has 11 nitrogen and oxygen atoms in total. The maximum Gasteiger partial charge on any atom is 0.433 e. The molecule has 0 saturated carbocycles. The lowest BCUT2D eigenvalue weighted by atomic mass is 10.3. The van der Waals surface area contributed by atoms with Crippen LogP contribution in [0.4, 0.5) is 23.3 Å². The van der Waals surface area contributed by atoms with Crippen LogP contribution in [0.5, 0.6) is 0 Å². The van der Waals surface area contributed by atoms with Crippen LogP contribution in [-0.4, -0.2) is 57.1 Å². The summed E-state index contributed by atoms with van der Waals surface area (Å²) in [6.07, 6.45) is 0. The van der Waals surface area contributed by atoms with Crippen LogP contribution in [0.3, 0.4) is 0 Å². The molecule has 1 aliphatic heterocycles. The number of amides is 1. The van der Waals surface area contributed by atoms with Crippen molar-refractivity contribution in [2.45, 2.75) is 6.92 Å². The fourth-order valence-electron chi connectivity index (χ4n) is 3.14. The Labute approximate surface area is 171 Å². The zero-order valence-electron chi connectivity index (χ0n) is 16.2. The largest absolute Gasteiger partial charge is 0.433 e. The van der Waals surface area contributed by atoms with Crippen molar-refractivity contribution in [3.63, 3.8) is 0 Å². The van der Waals surface area contributed by atoms with E-state index in [-0.39, 0.29) is 11.7 Å². The van der Waals surface area contributed by atoms with Gasteiger partial charge < -0.3 is 19.5 Å². The fraction of sp³-hybridized carbons (Fsp3) is 0.263. The Hall–Kier alpha value is -4.02. The van der Waals surface area contributed by atoms with Crippen LogP contribution < -0.4 is 10.2 Å². The quantitative estimate of drug-likeness (QED) is 0.498. The van der Waals surface area contributed by atoms with Gasteiger partial charge in [0.15, 0.2) is 17.4 Å². The molecule has 0 radical (unpaired) electrons. The standard InChI is InChI=1S/C19H19N7O4/c1-13-3-2-4-15(20-13)21-16-6-7-17(23-22-16)24-9-11-25(12-10-24)19(27)14-5-8-18(30-14)26(28)29/h2-8H,9-12H2,1H3,(H,20,21,22). The molecule has 4 heterocycles. The van der Waals surface area contributed by atoms with E-state index in [0.717, 1.165) is 5.69 Å². The van der Waals surface area contributed by atoms with Gasteiger partial charge in [-0.15, -0.1) is 10.2 Å². The van der Waals surface area contributed by atoms with E-state index in [1.807, 2.05) is 42.2 Å². The maximum absolute atomic E-state index is 12.5. The number of nitro groups is 1. The summed E-state index contributed by atoms with van der Waals surface area (Å²) in [6.45, 7) is 3.94. The van der Waals surface area contributed by atoms with Gasteiger partial charge in [-0.25, -0.2) is 4.98 Å². The van der Waals surface area contributed by atoms with Gasteiger partial charge in [0.05, 0.1) is 6.07 Å². The van der Waals surface area contributed by atoms with Gasteiger partial charge in [0, 0.05) is 31.9 Å². The first-order valence-electron chi connectivity index (χ1n) is 9.32. The highest BCUT2D eigenvalue weighted by atomic mass is 16.6. The van der Waals surface area contributed by atoms with Gasteiger partial charge >= 0.3 is 5.88 Å². The van der Waals surface area contributed by atoms with Crippen LogP contribution >= 0.6 is 0 Å². The number of carbonyl (C=O) groups is 1. The molecular weight excluding hydrogens is 390 g/mol. The van der Waals surface area contributed by atoms with E-state index < -0.39 is 10.8 Å². The molecule has 1 fully saturated rings. The van der Waals surface area contributed by atoms with Gasteiger partial charge in [-0.3, -0.25) is 14.9 Å². The molecule has 1 aliphatic rings. The number of pyridine rings is 1. The van der Waals surface area contributed by atoms with E-state index >= 15 is 0 Å². The molecule has 11 heteroatoms. The minimum Gasteiger partial charge on any atom is -0.395 e. The summed E-state index contributed by atoms with van der Waals surface area (Å²) < 4.78 is 5.00. The first-order chi connectivity index (χ1) is 14.5. The van der Waals surface area contributed by atoms with Crippen LogP contribution in [0.1, 0.15) is 16.2 Å². The van der Waals surface area contributed by atoms with Crippen LogP contribution in [0.2, 0.25) is 0 Å². The van der Waals surface area contributed by atoms with Gasteiger partial charge in [0.25, 0.3) is 5.91 Å². The van der Waals surface area contributed by atoms with Crippen molar-refractivity contribution in [1.29, 1.82) is 0 Å². The highest BCUT2D eigenvalue weighted by Crippen LogP contribution is 2.20. The maximum atomic E-state index is 12.5. The van der Waals surface area contributed by atoms with Crippen molar-refractivity contribution in [1.82, 2.24) is 20.1 Å². The van der Waals surface area contributed by atoms with Crippen molar-refractivity contribution >= 4 is 29.2 Å². The van der Waals surface area contributed by atoms with E-state index in [0.29, 0.717) is 43.6 Å². The van der Waals surface area contributed by atoms with E-state index in [4.69, 9.17) is 4.42 Å². The van der Waals surface area contributed by atoms with Crippen molar-refractivity contribution in [3.05, 3.63) is 64.0 Å². The second-order valence-corrected chi connectivity index (χ2v) is 6.74. The number of hydrogen-bond donors (Lipinski definition) is 1. The molecule has 0 aromatic carbocycles. The van der Waals surface area contributed by atoms with E-state index in [1.54, 1.807) is 4.90 Å². The number of furan rings is 1. The average Bonchev–Trinajstić information content (AvgIpc) is 3.25. The second-order valence-electron chi connectivity index (χ2n) is 6.74. The molecule has 3 aromatic rings. The van der Waals surface area contributed by atoms with Crippen molar-refractivity contribution in [3.8, 4) is 0 Å². The Balaban J connectivity index is 1.34. The third-order valence-electron chi connectivity index (χ3n) is 4.67. The van der Waals surface area contributed by atoms with Crippen LogP contribution in [0.15, 0.2) is 46.9 Å².